The van der Waals surface area contributed by atoms with E-state index >= 15 is 0 Å². The number of para-hydroxylation sites is 1. The number of benzene rings is 2. The van der Waals surface area contributed by atoms with Crippen molar-refractivity contribution in [3.63, 3.8) is 0 Å². The number of hydrogen-bond acceptors (Lipinski definition) is 4. The van der Waals surface area contributed by atoms with Gasteiger partial charge in [0.2, 0.25) is 0 Å². The van der Waals surface area contributed by atoms with E-state index in [-0.39, 0.29) is 11.8 Å². The van der Waals surface area contributed by atoms with E-state index in [4.69, 9.17) is 16.3 Å². The Balaban J connectivity index is 1.26. The van der Waals surface area contributed by atoms with Crippen LogP contribution in [0.4, 0.5) is 0 Å². The lowest BCUT2D eigenvalue weighted by molar-refractivity contribution is 0.0674. The molecule has 0 amide bonds. The second kappa shape index (κ2) is 8.99. The zero-order valence-corrected chi connectivity index (χ0v) is 17.4. The molecule has 1 saturated heterocycles. The molecule has 1 aliphatic rings. The number of ketones is 1. The Morgan fingerprint density at radius 3 is 2.59 bits per heavy atom. The van der Waals surface area contributed by atoms with Gasteiger partial charge in [-0.05, 0) is 37.3 Å². The number of halogens is 1. The van der Waals surface area contributed by atoms with Crippen molar-refractivity contribution in [3.05, 3.63) is 65.3 Å². The third kappa shape index (κ3) is 4.64. The van der Waals surface area contributed by atoms with E-state index < -0.39 is 0 Å². The number of nitrogens with zero attached hydrogens (tertiary/aromatic N) is 2. The summed E-state index contributed by atoms with van der Waals surface area (Å²) in [5.41, 5.74) is 1.79. The van der Waals surface area contributed by atoms with Crippen LogP contribution in [0.1, 0.15) is 17.3 Å². The first kappa shape index (κ1) is 20.0. The Kier molecular flexibility index (Phi) is 6.19. The summed E-state index contributed by atoms with van der Waals surface area (Å²) in [5, 5.41) is 1.71. The lowest BCUT2D eigenvalue weighted by atomic mass is 10.0. The molecular weight excluding hydrogens is 386 g/mol. The van der Waals surface area contributed by atoms with Gasteiger partial charge in [-0.2, -0.15) is 0 Å². The number of nitrogens with one attached hydrogen (secondary N) is 1. The SMILES string of the molecule is C[C@H](C(=O)c1c[nH]c2ccccc12)N1CCN(CCOc2ccc(Cl)cc2)CC1. The second-order valence-electron chi connectivity index (χ2n) is 7.47. The number of carbonyl (C=O) groups is 1. The standard InChI is InChI=1S/C23H26ClN3O2/c1-17(23(28)21-16-25-22-5-3-2-4-20(21)22)27-12-10-26(11-13-27)14-15-29-19-8-6-18(24)7-9-19/h2-9,16-17,25H,10-15H2,1H3/t17-/m1/s1. The van der Waals surface area contributed by atoms with Crippen molar-refractivity contribution in [2.75, 3.05) is 39.3 Å². The van der Waals surface area contributed by atoms with E-state index in [0.717, 1.165) is 54.9 Å². The maximum absolute atomic E-state index is 13.0. The van der Waals surface area contributed by atoms with Gasteiger partial charge in [-0.15, -0.1) is 0 Å². The maximum Gasteiger partial charge on any atom is 0.181 e. The van der Waals surface area contributed by atoms with Crippen LogP contribution in [0.2, 0.25) is 5.02 Å². The van der Waals surface area contributed by atoms with Crippen LogP contribution in [0, 0.1) is 0 Å². The molecule has 0 radical (unpaired) electrons. The highest BCUT2D eigenvalue weighted by atomic mass is 35.5. The third-order valence-corrected chi connectivity index (χ3v) is 5.93. The number of piperazine rings is 1. The summed E-state index contributed by atoms with van der Waals surface area (Å²) in [6.07, 6.45) is 1.84. The first-order valence-corrected chi connectivity index (χ1v) is 10.4. The molecule has 0 bridgehead atoms. The van der Waals surface area contributed by atoms with Crippen LogP contribution in [0.25, 0.3) is 10.9 Å². The average molecular weight is 412 g/mol. The fourth-order valence-corrected chi connectivity index (χ4v) is 3.99. The van der Waals surface area contributed by atoms with Gasteiger partial charge < -0.3 is 9.72 Å². The van der Waals surface area contributed by atoms with Gasteiger partial charge >= 0.3 is 0 Å². The largest absolute Gasteiger partial charge is 0.492 e. The van der Waals surface area contributed by atoms with Gasteiger partial charge in [-0.3, -0.25) is 14.6 Å². The zero-order chi connectivity index (χ0) is 20.2. The van der Waals surface area contributed by atoms with Crippen LogP contribution in [0.15, 0.2) is 54.7 Å². The van der Waals surface area contributed by atoms with Gasteiger partial charge in [-0.25, -0.2) is 0 Å². The van der Waals surface area contributed by atoms with Gasteiger partial charge in [0.15, 0.2) is 5.78 Å². The molecule has 29 heavy (non-hydrogen) atoms. The number of carbonyl (C=O) groups excluding carboxylic acids is 1. The second-order valence-corrected chi connectivity index (χ2v) is 7.90. The van der Waals surface area contributed by atoms with Crippen molar-refractivity contribution in [2.45, 2.75) is 13.0 Å². The molecule has 3 aromatic rings. The molecule has 1 atom stereocenters. The van der Waals surface area contributed by atoms with E-state index in [0.29, 0.717) is 11.6 Å². The summed E-state index contributed by atoms with van der Waals surface area (Å²) < 4.78 is 5.79. The van der Waals surface area contributed by atoms with Gasteiger partial charge in [0.1, 0.15) is 12.4 Å². The lowest BCUT2D eigenvalue weighted by Crippen LogP contribution is -2.52. The first-order chi connectivity index (χ1) is 14.1. The van der Waals surface area contributed by atoms with Crippen molar-refractivity contribution >= 4 is 28.3 Å². The molecule has 0 unspecified atom stereocenters. The normalized spacial score (nSPS) is 16.8. The topological polar surface area (TPSA) is 48.6 Å². The molecule has 0 aliphatic carbocycles. The van der Waals surface area contributed by atoms with Crippen LogP contribution >= 0.6 is 11.6 Å². The van der Waals surface area contributed by atoms with Crippen molar-refractivity contribution in [1.29, 1.82) is 0 Å². The van der Waals surface area contributed by atoms with Crippen molar-refractivity contribution < 1.29 is 9.53 Å². The minimum absolute atomic E-state index is 0.123. The summed E-state index contributed by atoms with van der Waals surface area (Å²) in [6, 6.07) is 15.3. The van der Waals surface area contributed by atoms with E-state index in [1.165, 1.54) is 0 Å². The number of H-pyrrole nitrogens is 1. The predicted molar refractivity (Wildman–Crippen MR) is 117 cm³/mol. The number of rotatable bonds is 7. The Morgan fingerprint density at radius 2 is 1.83 bits per heavy atom. The highest BCUT2D eigenvalue weighted by Gasteiger charge is 2.27. The van der Waals surface area contributed by atoms with Crippen molar-refractivity contribution in [1.82, 2.24) is 14.8 Å². The summed E-state index contributed by atoms with van der Waals surface area (Å²) >= 11 is 5.90. The minimum Gasteiger partial charge on any atom is -0.492 e. The fraction of sp³-hybridized carbons (Fsp3) is 0.348. The summed E-state index contributed by atoms with van der Waals surface area (Å²) in [5.74, 6) is 1.02. The average Bonchev–Trinajstić information content (AvgIpc) is 3.19. The molecule has 2 aromatic carbocycles. The molecule has 6 heteroatoms. The minimum atomic E-state index is -0.123. The summed E-state index contributed by atoms with van der Waals surface area (Å²) in [4.78, 5) is 20.9. The van der Waals surface area contributed by atoms with Crippen LogP contribution in [-0.4, -0.2) is 65.9 Å². The number of fused-ring (bicyclic) bond motifs is 1. The maximum atomic E-state index is 13.0. The lowest BCUT2D eigenvalue weighted by Gasteiger charge is -2.37. The van der Waals surface area contributed by atoms with E-state index in [1.54, 1.807) is 0 Å². The number of Topliss-reactive ketones (excluding diaryl/α,β-unsaturated/α-hetero) is 1. The molecule has 1 fully saturated rings. The van der Waals surface area contributed by atoms with Gasteiger partial charge in [0, 0.05) is 60.4 Å². The number of hydrogen-bond donors (Lipinski definition) is 1. The number of ether oxygens (including phenoxy) is 1. The quantitative estimate of drug-likeness (QED) is 0.595. The number of aromatic amines is 1. The first-order valence-electron chi connectivity index (χ1n) is 10.1. The highest BCUT2D eigenvalue weighted by Crippen LogP contribution is 2.21. The van der Waals surface area contributed by atoms with Crippen LogP contribution in [0.3, 0.4) is 0 Å². The Morgan fingerprint density at radius 1 is 1.10 bits per heavy atom. The molecule has 0 spiro atoms. The Bertz CT molecular complexity index is 962. The molecule has 5 nitrogen and oxygen atoms in total. The van der Waals surface area contributed by atoms with Gasteiger partial charge in [-0.1, -0.05) is 29.8 Å². The summed E-state index contributed by atoms with van der Waals surface area (Å²) in [6.45, 7) is 7.19. The fourth-order valence-electron chi connectivity index (χ4n) is 3.86. The molecule has 1 N–H and O–H groups in total. The van der Waals surface area contributed by atoms with Crippen LogP contribution in [0.5, 0.6) is 5.75 Å². The van der Waals surface area contributed by atoms with Gasteiger partial charge in [0.25, 0.3) is 0 Å². The molecule has 1 aliphatic heterocycles. The third-order valence-electron chi connectivity index (χ3n) is 5.68. The van der Waals surface area contributed by atoms with Crippen molar-refractivity contribution in [3.8, 4) is 5.75 Å². The zero-order valence-electron chi connectivity index (χ0n) is 16.6. The molecular formula is C23H26ClN3O2. The smallest absolute Gasteiger partial charge is 0.181 e. The Hall–Kier alpha value is -2.34. The highest BCUT2D eigenvalue weighted by molar-refractivity contribution is 6.30. The summed E-state index contributed by atoms with van der Waals surface area (Å²) in [7, 11) is 0. The molecule has 2 heterocycles. The van der Waals surface area contributed by atoms with Crippen LogP contribution in [-0.2, 0) is 0 Å². The monoisotopic (exact) mass is 411 g/mol. The van der Waals surface area contributed by atoms with Crippen molar-refractivity contribution in [2.24, 2.45) is 0 Å². The molecule has 0 saturated carbocycles. The predicted octanol–water partition coefficient (Wildman–Crippen LogP) is 4.09. The van der Waals surface area contributed by atoms with Crippen LogP contribution < -0.4 is 4.74 Å². The van der Waals surface area contributed by atoms with E-state index in [9.17, 15) is 4.79 Å². The van der Waals surface area contributed by atoms with Gasteiger partial charge in [0.05, 0.1) is 6.04 Å². The van der Waals surface area contributed by atoms with E-state index in [1.807, 2.05) is 61.7 Å². The van der Waals surface area contributed by atoms with E-state index in [2.05, 4.69) is 14.8 Å². The molecule has 1 aromatic heterocycles. The number of aromatic nitrogens is 1. The Labute approximate surface area is 176 Å². The molecule has 152 valence electrons. The molecule has 4 rings (SSSR count).